The maximum absolute atomic E-state index is 13.0. The van der Waals surface area contributed by atoms with Gasteiger partial charge in [-0.25, -0.2) is 4.98 Å². The highest BCUT2D eigenvalue weighted by atomic mass is 32.2. The van der Waals surface area contributed by atoms with Crippen molar-refractivity contribution in [2.75, 3.05) is 11.3 Å². The predicted molar refractivity (Wildman–Crippen MR) is 152 cm³/mol. The van der Waals surface area contributed by atoms with Crippen molar-refractivity contribution in [1.82, 2.24) is 20.3 Å². The third-order valence-corrected chi connectivity index (χ3v) is 7.26. The highest BCUT2D eigenvalue weighted by Gasteiger charge is 2.22. The fraction of sp³-hybridized carbons (Fsp3) is 0.267. The van der Waals surface area contributed by atoms with E-state index < -0.39 is 6.10 Å². The first-order valence-electron chi connectivity index (χ1n) is 12.6. The van der Waals surface area contributed by atoms with Gasteiger partial charge in [0.1, 0.15) is 0 Å². The van der Waals surface area contributed by atoms with Crippen molar-refractivity contribution in [3.63, 3.8) is 0 Å². The van der Waals surface area contributed by atoms with E-state index in [1.165, 1.54) is 11.9 Å². The van der Waals surface area contributed by atoms with E-state index in [2.05, 4.69) is 67.8 Å². The summed E-state index contributed by atoms with van der Waals surface area (Å²) in [6, 6.07) is 19.5. The average Bonchev–Trinajstić information content (AvgIpc) is 2.89. The highest BCUT2D eigenvalue weighted by molar-refractivity contribution is 8.00. The SMILES string of the molecule is Cc1cccc(C)c1-c1cc2nc(n1)NSc1cccc(c1)C(=O)NCC(c1ccc(C(C)(C)C)cn1)O2. The second kappa shape index (κ2) is 10.5. The highest BCUT2D eigenvalue weighted by Crippen LogP contribution is 2.32. The number of hydrogen-bond donors (Lipinski definition) is 2. The van der Waals surface area contributed by atoms with Crippen LogP contribution in [0.25, 0.3) is 11.3 Å². The third kappa shape index (κ3) is 5.65. The molecule has 4 bridgehead atoms. The van der Waals surface area contributed by atoms with Gasteiger partial charge in [-0.05, 0) is 72.2 Å². The minimum absolute atomic E-state index is 0.0262. The van der Waals surface area contributed by atoms with Gasteiger partial charge in [-0.2, -0.15) is 4.98 Å². The van der Waals surface area contributed by atoms with Gasteiger partial charge in [-0.3, -0.25) is 14.5 Å². The van der Waals surface area contributed by atoms with Gasteiger partial charge in [0.05, 0.1) is 17.9 Å². The van der Waals surface area contributed by atoms with Crippen molar-refractivity contribution in [3.8, 4) is 17.1 Å². The van der Waals surface area contributed by atoms with Gasteiger partial charge < -0.3 is 10.1 Å². The minimum Gasteiger partial charge on any atom is -0.466 e. The molecule has 0 spiro atoms. The second-order valence-corrected chi connectivity index (χ2v) is 11.3. The van der Waals surface area contributed by atoms with Gasteiger partial charge >= 0.3 is 0 Å². The molecule has 1 aliphatic rings. The largest absolute Gasteiger partial charge is 0.466 e. The van der Waals surface area contributed by atoms with Crippen LogP contribution in [-0.2, 0) is 5.41 Å². The molecule has 0 radical (unpaired) electrons. The Morgan fingerprint density at radius 2 is 1.74 bits per heavy atom. The molecule has 0 aliphatic carbocycles. The van der Waals surface area contributed by atoms with Gasteiger partial charge in [-0.1, -0.05) is 51.1 Å². The summed E-state index contributed by atoms with van der Waals surface area (Å²) in [6.45, 7) is 10.8. The molecular weight excluding hydrogens is 494 g/mol. The Balaban J connectivity index is 1.60. The summed E-state index contributed by atoms with van der Waals surface area (Å²) in [5.74, 6) is 0.636. The number of benzene rings is 2. The molecule has 7 nitrogen and oxygen atoms in total. The summed E-state index contributed by atoms with van der Waals surface area (Å²) in [7, 11) is 0. The molecule has 8 heteroatoms. The van der Waals surface area contributed by atoms with Gasteiger partial charge in [0.15, 0.2) is 6.10 Å². The fourth-order valence-electron chi connectivity index (χ4n) is 4.36. The summed E-state index contributed by atoms with van der Waals surface area (Å²) < 4.78 is 9.69. The zero-order valence-electron chi connectivity index (χ0n) is 22.2. The number of hydrogen-bond acceptors (Lipinski definition) is 7. The zero-order chi connectivity index (χ0) is 26.9. The van der Waals surface area contributed by atoms with Crippen LogP contribution in [-0.4, -0.2) is 27.4 Å². The molecule has 38 heavy (non-hydrogen) atoms. The Kier molecular flexibility index (Phi) is 7.08. The number of rotatable bonds is 2. The molecule has 2 aromatic carbocycles. The summed E-state index contributed by atoms with van der Waals surface area (Å²) in [6.07, 6.45) is 1.31. The van der Waals surface area contributed by atoms with Crippen LogP contribution >= 0.6 is 11.9 Å². The first-order chi connectivity index (χ1) is 18.2. The second-order valence-electron chi connectivity index (χ2n) is 10.5. The number of ether oxygens (including phenoxy) is 1. The molecule has 2 aromatic heterocycles. The smallest absolute Gasteiger partial charge is 0.251 e. The third-order valence-electron chi connectivity index (χ3n) is 6.49. The standard InChI is InChI=1S/C30H31N5O2S/c1-18-8-6-9-19(2)27(18)24-15-26-34-29(33-24)35-38-22-11-7-10-20(14-22)28(36)32-17-25(37-26)23-13-12-21(16-31-23)30(3,4)5/h6-16,25H,17H2,1-5H3,(H,32,36)(H,33,34,35). The van der Waals surface area contributed by atoms with E-state index in [0.717, 1.165) is 32.8 Å². The maximum Gasteiger partial charge on any atom is 0.251 e. The number of aryl methyl sites for hydroxylation is 2. The number of fused-ring (bicyclic) bond motifs is 4. The molecular formula is C30H31N5O2S. The van der Waals surface area contributed by atoms with Crippen LogP contribution in [0.1, 0.15) is 59.6 Å². The normalized spacial score (nSPS) is 15.7. The number of carbonyl (C=O) groups is 1. The molecule has 5 rings (SSSR count). The van der Waals surface area contributed by atoms with Crippen molar-refractivity contribution in [3.05, 3.63) is 94.8 Å². The number of aromatic nitrogens is 3. The Bertz CT molecular complexity index is 1460. The number of carbonyl (C=O) groups excluding carboxylic acids is 1. The lowest BCUT2D eigenvalue weighted by atomic mass is 9.88. The summed E-state index contributed by atoms with van der Waals surface area (Å²) in [5, 5.41) is 3.02. The van der Waals surface area contributed by atoms with Gasteiger partial charge in [0.25, 0.3) is 5.91 Å². The predicted octanol–water partition coefficient (Wildman–Crippen LogP) is 6.44. The monoisotopic (exact) mass is 525 g/mol. The van der Waals surface area contributed by atoms with Gasteiger partial charge in [0, 0.05) is 28.3 Å². The molecule has 0 saturated heterocycles. The maximum atomic E-state index is 13.0. The van der Waals surface area contributed by atoms with E-state index >= 15 is 0 Å². The molecule has 1 unspecified atom stereocenters. The van der Waals surface area contributed by atoms with Crippen LogP contribution in [0.15, 0.2) is 71.8 Å². The average molecular weight is 526 g/mol. The molecule has 0 saturated carbocycles. The van der Waals surface area contributed by atoms with Crippen molar-refractivity contribution in [2.24, 2.45) is 0 Å². The van der Waals surface area contributed by atoms with Gasteiger partial charge in [-0.15, -0.1) is 0 Å². The molecule has 2 N–H and O–H groups in total. The van der Waals surface area contributed by atoms with E-state index in [4.69, 9.17) is 14.7 Å². The number of nitrogens with one attached hydrogen (secondary N) is 2. The van der Waals surface area contributed by atoms with Crippen LogP contribution in [0.3, 0.4) is 0 Å². The number of pyridine rings is 1. The van der Waals surface area contributed by atoms with E-state index in [1.54, 1.807) is 6.07 Å². The van der Waals surface area contributed by atoms with E-state index in [1.807, 2.05) is 42.6 Å². The van der Waals surface area contributed by atoms with E-state index in [0.29, 0.717) is 23.1 Å². The van der Waals surface area contributed by atoms with Crippen molar-refractivity contribution in [2.45, 2.75) is 51.0 Å². The lowest BCUT2D eigenvalue weighted by Crippen LogP contribution is -2.31. The molecule has 1 amide bonds. The summed E-state index contributed by atoms with van der Waals surface area (Å²) >= 11 is 1.35. The Morgan fingerprint density at radius 3 is 2.45 bits per heavy atom. The first kappa shape index (κ1) is 25.7. The summed E-state index contributed by atoms with van der Waals surface area (Å²) in [5.41, 5.74) is 6.39. The van der Waals surface area contributed by atoms with Crippen molar-refractivity contribution >= 4 is 23.8 Å². The Hall–Kier alpha value is -3.91. The first-order valence-corrected chi connectivity index (χ1v) is 13.4. The molecule has 3 heterocycles. The minimum atomic E-state index is -0.557. The fourth-order valence-corrected chi connectivity index (χ4v) is 5.00. The van der Waals surface area contributed by atoms with Crippen LogP contribution in [0, 0.1) is 13.8 Å². The van der Waals surface area contributed by atoms with E-state index in [-0.39, 0.29) is 17.9 Å². The topological polar surface area (TPSA) is 89.0 Å². The summed E-state index contributed by atoms with van der Waals surface area (Å²) in [4.78, 5) is 28.1. The van der Waals surface area contributed by atoms with Crippen molar-refractivity contribution < 1.29 is 9.53 Å². The molecule has 4 aromatic rings. The quantitative estimate of drug-likeness (QED) is 0.291. The molecule has 194 valence electrons. The molecule has 0 fully saturated rings. The number of anilines is 1. The van der Waals surface area contributed by atoms with Gasteiger partial charge in [0.2, 0.25) is 11.8 Å². The number of amides is 1. The Morgan fingerprint density at radius 1 is 0.974 bits per heavy atom. The van der Waals surface area contributed by atoms with Crippen LogP contribution < -0.4 is 14.8 Å². The zero-order valence-corrected chi connectivity index (χ0v) is 23.0. The number of nitrogens with zero attached hydrogens (tertiary/aromatic N) is 3. The molecule has 1 aliphatic heterocycles. The van der Waals surface area contributed by atoms with Crippen LogP contribution in [0.2, 0.25) is 0 Å². The lowest BCUT2D eigenvalue weighted by Gasteiger charge is -2.22. The van der Waals surface area contributed by atoms with Crippen LogP contribution in [0.5, 0.6) is 5.88 Å². The van der Waals surface area contributed by atoms with E-state index in [9.17, 15) is 4.79 Å². The van der Waals surface area contributed by atoms with Crippen molar-refractivity contribution in [1.29, 1.82) is 0 Å². The lowest BCUT2D eigenvalue weighted by molar-refractivity contribution is 0.0924. The Labute approximate surface area is 227 Å². The molecule has 1 atom stereocenters. The van der Waals surface area contributed by atoms with Crippen LogP contribution in [0.4, 0.5) is 5.95 Å².